The molecule has 1 heterocycles. The van der Waals surface area contributed by atoms with Gasteiger partial charge in [0.25, 0.3) is 5.91 Å². The Bertz CT molecular complexity index is 776. The molecular formula is C25H39N3O3. The fourth-order valence-corrected chi connectivity index (χ4v) is 3.93. The second-order valence-corrected chi connectivity index (χ2v) is 10.0. The third-order valence-electron chi connectivity index (χ3n) is 6.01. The van der Waals surface area contributed by atoms with E-state index in [1.165, 1.54) is 0 Å². The molecule has 2 rings (SSSR count). The van der Waals surface area contributed by atoms with E-state index in [1.807, 2.05) is 43.9 Å². The van der Waals surface area contributed by atoms with Crippen molar-refractivity contribution in [3.8, 4) is 0 Å². The monoisotopic (exact) mass is 429 g/mol. The Balaban J connectivity index is 2.11. The van der Waals surface area contributed by atoms with Gasteiger partial charge in [-0.2, -0.15) is 0 Å². The third-order valence-corrected chi connectivity index (χ3v) is 6.01. The number of hydrogen-bond donors (Lipinski definition) is 2. The summed E-state index contributed by atoms with van der Waals surface area (Å²) < 4.78 is 0. The number of carbonyl (C=O) groups is 3. The molecule has 1 aliphatic rings. The SMILES string of the molecule is CC[C@@H](C)NC(=O)[C@@H](NC(=O)c1ccccc1C)C1CCN(C(=O)CC(C)(C)C)CC1. The number of piperidine rings is 1. The van der Waals surface area contributed by atoms with Gasteiger partial charge in [-0.25, -0.2) is 0 Å². The maximum atomic E-state index is 13.1. The average molecular weight is 430 g/mol. The number of aryl methyl sites for hydroxylation is 1. The second-order valence-electron chi connectivity index (χ2n) is 10.0. The number of nitrogens with zero attached hydrogens (tertiary/aromatic N) is 1. The van der Waals surface area contributed by atoms with Crippen LogP contribution in [0.25, 0.3) is 0 Å². The molecule has 1 aliphatic heterocycles. The number of hydrogen-bond acceptors (Lipinski definition) is 3. The lowest BCUT2D eigenvalue weighted by molar-refractivity contribution is -0.134. The van der Waals surface area contributed by atoms with Crippen molar-refractivity contribution < 1.29 is 14.4 Å². The zero-order valence-electron chi connectivity index (χ0n) is 20.0. The Morgan fingerprint density at radius 1 is 1.10 bits per heavy atom. The Hall–Kier alpha value is -2.37. The maximum Gasteiger partial charge on any atom is 0.252 e. The molecule has 0 unspecified atom stereocenters. The van der Waals surface area contributed by atoms with Gasteiger partial charge in [0.2, 0.25) is 11.8 Å². The molecule has 0 aliphatic carbocycles. The number of amides is 3. The van der Waals surface area contributed by atoms with Crippen LogP contribution in [0.2, 0.25) is 0 Å². The van der Waals surface area contributed by atoms with Gasteiger partial charge >= 0.3 is 0 Å². The minimum atomic E-state index is -0.610. The van der Waals surface area contributed by atoms with Crippen LogP contribution in [0.4, 0.5) is 0 Å². The summed E-state index contributed by atoms with van der Waals surface area (Å²) in [5, 5.41) is 6.03. The third kappa shape index (κ3) is 7.37. The molecule has 0 spiro atoms. The maximum absolute atomic E-state index is 13.1. The standard InChI is InChI=1S/C25H39N3O3/c1-7-18(3)26-24(31)22(27-23(30)20-11-9-8-10-17(20)2)19-12-14-28(15-13-19)21(29)16-25(4,5)6/h8-11,18-19,22H,7,12-16H2,1-6H3,(H,26,31)(H,27,30)/t18-,22+/m1/s1. The van der Waals surface area contributed by atoms with Crippen molar-refractivity contribution in [3.05, 3.63) is 35.4 Å². The first-order chi connectivity index (χ1) is 14.5. The minimum Gasteiger partial charge on any atom is -0.352 e. The molecule has 2 N–H and O–H groups in total. The number of carbonyl (C=O) groups excluding carboxylic acids is 3. The lowest BCUT2D eigenvalue weighted by atomic mass is 9.87. The molecule has 0 aromatic heterocycles. The van der Waals surface area contributed by atoms with Crippen LogP contribution in [0.1, 0.15) is 76.2 Å². The van der Waals surface area contributed by atoms with Gasteiger partial charge in [-0.3, -0.25) is 14.4 Å². The first kappa shape index (κ1) is 24.9. The molecular weight excluding hydrogens is 390 g/mol. The summed E-state index contributed by atoms with van der Waals surface area (Å²) in [6, 6.07) is 6.82. The van der Waals surface area contributed by atoms with Gasteiger partial charge in [-0.15, -0.1) is 0 Å². The van der Waals surface area contributed by atoms with Gasteiger partial charge in [0.1, 0.15) is 6.04 Å². The molecule has 0 radical (unpaired) electrons. The highest BCUT2D eigenvalue weighted by molar-refractivity contribution is 5.98. The van der Waals surface area contributed by atoms with Gasteiger partial charge in [-0.1, -0.05) is 45.9 Å². The molecule has 172 valence electrons. The van der Waals surface area contributed by atoms with Crippen molar-refractivity contribution in [2.75, 3.05) is 13.1 Å². The van der Waals surface area contributed by atoms with E-state index in [9.17, 15) is 14.4 Å². The normalized spacial score (nSPS) is 17.0. The van der Waals surface area contributed by atoms with Crippen LogP contribution < -0.4 is 10.6 Å². The van der Waals surface area contributed by atoms with E-state index in [0.717, 1.165) is 12.0 Å². The molecule has 0 saturated carbocycles. The van der Waals surface area contributed by atoms with Crippen LogP contribution >= 0.6 is 0 Å². The first-order valence-electron chi connectivity index (χ1n) is 11.5. The van der Waals surface area contributed by atoms with E-state index in [1.54, 1.807) is 6.07 Å². The van der Waals surface area contributed by atoms with Crippen LogP contribution in [0, 0.1) is 18.3 Å². The van der Waals surface area contributed by atoms with Gasteiger partial charge in [-0.05, 0) is 56.1 Å². The summed E-state index contributed by atoms with van der Waals surface area (Å²) in [6.45, 7) is 13.3. The predicted molar refractivity (Wildman–Crippen MR) is 124 cm³/mol. The lowest BCUT2D eigenvalue weighted by Gasteiger charge is -2.37. The van der Waals surface area contributed by atoms with E-state index in [2.05, 4.69) is 31.4 Å². The van der Waals surface area contributed by atoms with E-state index >= 15 is 0 Å². The average Bonchev–Trinajstić information content (AvgIpc) is 2.70. The fourth-order valence-electron chi connectivity index (χ4n) is 3.93. The topological polar surface area (TPSA) is 78.5 Å². The Labute approximate surface area is 187 Å². The molecule has 1 fully saturated rings. The van der Waals surface area contributed by atoms with Crippen molar-refractivity contribution in [1.29, 1.82) is 0 Å². The molecule has 6 heteroatoms. The second kappa shape index (κ2) is 10.8. The Morgan fingerprint density at radius 2 is 1.71 bits per heavy atom. The van der Waals surface area contributed by atoms with Crippen molar-refractivity contribution in [1.82, 2.24) is 15.5 Å². The summed E-state index contributed by atoms with van der Waals surface area (Å²) in [6.07, 6.45) is 2.73. The lowest BCUT2D eigenvalue weighted by Crippen LogP contribution is -2.55. The summed E-state index contributed by atoms with van der Waals surface area (Å²) in [7, 11) is 0. The quantitative estimate of drug-likeness (QED) is 0.694. The van der Waals surface area contributed by atoms with Crippen molar-refractivity contribution >= 4 is 17.7 Å². The van der Waals surface area contributed by atoms with Crippen molar-refractivity contribution in [3.63, 3.8) is 0 Å². The number of likely N-dealkylation sites (tertiary alicyclic amines) is 1. The van der Waals surface area contributed by atoms with Gasteiger partial charge in [0.05, 0.1) is 0 Å². The van der Waals surface area contributed by atoms with Crippen LogP contribution in [0.15, 0.2) is 24.3 Å². The molecule has 0 bridgehead atoms. The van der Waals surface area contributed by atoms with Crippen molar-refractivity contribution in [2.24, 2.45) is 11.3 Å². The molecule has 1 saturated heterocycles. The van der Waals surface area contributed by atoms with E-state index < -0.39 is 6.04 Å². The molecule has 31 heavy (non-hydrogen) atoms. The number of nitrogens with one attached hydrogen (secondary N) is 2. The zero-order chi connectivity index (χ0) is 23.2. The smallest absolute Gasteiger partial charge is 0.252 e. The molecule has 6 nitrogen and oxygen atoms in total. The predicted octanol–water partition coefficient (Wildman–Crippen LogP) is 3.68. The first-order valence-corrected chi connectivity index (χ1v) is 11.5. The van der Waals surface area contributed by atoms with E-state index in [-0.39, 0.29) is 35.1 Å². The van der Waals surface area contributed by atoms with Crippen LogP contribution in [-0.4, -0.2) is 47.8 Å². The Morgan fingerprint density at radius 3 is 2.26 bits per heavy atom. The molecule has 3 amide bonds. The van der Waals surface area contributed by atoms with Crippen LogP contribution in [0.3, 0.4) is 0 Å². The summed E-state index contributed by atoms with van der Waals surface area (Å²) in [5.74, 6) is -0.212. The van der Waals surface area contributed by atoms with Gasteiger partial charge < -0.3 is 15.5 Å². The summed E-state index contributed by atoms with van der Waals surface area (Å²) in [4.78, 5) is 40.5. The highest BCUT2D eigenvalue weighted by atomic mass is 16.2. The Kier molecular flexibility index (Phi) is 8.66. The fraction of sp³-hybridized carbons (Fsp3) is 0.640. The van der Waals surface area contributed by atoms with Crippen LogP contribution in [-0.2, 0) is 9.59 Å². The highest BCUT2D eigenvalue weighted by Crippen LogP contribution is 2.25. The van der Waals surface area contributed by atoms with E-state index in [4.69, 9.17) is 0 Å². The van der Waals surface area contributed by atoms with Crippen molar-refractivity contribution in [2.45, 2.75) is 79.3 Å². The highest BCUT2D eigenvalue weighted by Gasteiger charge is 2.35. The van der Waals surface area contributed by atoms with Gasteiger partial charge in [0, 0.05) is 31.1 Å². The summed E-state index contributed by atoms with van der Waals surface area (Å²) in [5.41, 5.74) is 1.42. The molecule has 2 atom stereocenters. The van der Waals surface area contributed by atoms with E-state index in [0.29, 0.717) is 37.9 Å². The number of benzene rings is 1. The molecule has 1 aromatic carbocycles. The van der Waals surface area contributed by atoms with Crippen LogP contribution in [0.5, 0.6) is 0 Å². The number of rotatable bonds is 7. The zero-order valence-corrected chi connectivity index (χ0v) is 20.0. The van der Waals surface area contributed by atoms with Gasteiger partial charge in [0.15, 0.2) is 0 Å². The summed E-state index contributed by atoms with van der Waals surface area (Å²) >= 11 is 0. The minimum absolute atomic E-state index is 0.00397. The largest absolute Gasteiger partial charge is 0.352 e. The molecule has 1 aromatic rings.